The molecule has 0 radical (unpaired) electrons. The molecule has 4 heteroatoms. The molecule has 0 aromatic carbocycles. The summed E-state index contributed by atoms with van der Waals surface area (Å²) in [5, 5.41) is 0. The predicted molar refractivity (Wildman–Crippen MR) is 61.5 cm³/mol. The van der Waals surface area contributed by atoms with Crippen molar-refractivity contribution in [2.45, 2.75) is 31.3 Å². The van der Waals surface area contributed by atoms with Crippen molar-refractivity contribution in [2.75, 3.05) is 11.5 Å². The van der Waals surface area contributed by atoms with E-state index in [1.807, 2.05) is 0 Å². The first-order chi connectivity index (χ1) is 5.31. The number of hydrogen-bond donors (Lipinski definition) is 0. The maximum atomic E-state index is 5.76. The van der Waals surface area contributed by atoms with E-state index in [4.69, 9.17) is 11.8 Å². The van der Waals surface area contributed by atoms with Gasteiger partial charge in [0.05, 0.1) is 4.44 Å². The summed E-state index contributed by atoms with van der Waals surface area (Å²) in [4.78, 5) is 0. The smallest absolute Gasteiger partial charge is 0.0602 e. The molecule has 64 valence electrons. The monoisotopic (exact) mass is 224 g/mol. The summed E-state index contributed by atoms with van der Waals surface area (Å²) >= 11 is 10.0. The molecule has 1 heterocycles. The quantitative estimate of drug-likeness (QED) is 0.623. The van der Waals surface area contributed by atoms with Crippen LogP contribution in [-0.2, 0) is 11.8 Å². The average Bonchev–Trinajstić information content (AvgIpc) is 2.55. The van der Waals surface area contributed by atoms with Crippen molar-refractivity contribution in [3.05, 3.63) is 0 Å². The van der Waals surface area contributed by atoms with E-state index >= 15 is 0 Å². The Morgan fingerprint density at radius 1 is 1.09 bits per heavy atom. The molecule has 0 bridgehead atoms. The van der Waals surface area contributed by atoms with Crippen LogP contribution < -0.4 is 0 Å². The van der Waals surface area contributed by atoms with Crippen LogP contribution in [0.1, 0.15) is 25.7 Å². The van der Waals surface area contributed by atoms with Crippen molar-refractivity contribution >= 4 is 39.0 Å². The molecule has 2 aliphatic rings. The van der Waals surface area contributed by atoms with Crippen LogP contribution in [0.4, 0.5) is 0 Å². The topological polar surface area (TPSA) is 0 Å². The van der Waals surface area contributed by atoms with Gasteiger partial charge in [-0.05, 0) is 12.8 Å². The Kier molecular flexibility index (Phi) is 2.93. The third-order valence-electron chi connectivity index (χ3n) is 2.40. The first-order valence-corrected chi connectivity index (χ1v) is 10.3. The van der Waals surface area contributed by atoms with Gasteiger partial charge in [0, 0.05) is 17.2 Å². The first kappa shape index (κ1) is 8.93. The van der Waals surface area contributed by atoms with Crippen LogP contribution in [0, 0.1) is 0 Å². The highest BCUT2D eigenvalue weighted by molar-refractivity contribution is 9.02. The SMILES string of the molecule is S=P1(C2CCCC2)SCCS1. The largest absolute Gasteiger partial charge is 0.113 e. The molecule has 0 spiro atoms. The fraction of sp³-hybridized carbons (Fsp3) is 1.00. The molecule has 2 rings (SSSR count). The fourth-order valence-corrected chi connectivity index (χ4v) is 14.0. The fourth-order valence-electron chi connectivity index (χ4n) is 1.80. The molecule has 0 unspecified atom stereocenters. The highest BCUT2D eigenvalue weighted by Gasteiger charge is 2.34. The minimum absolute atomic E-state index is 0.951. The van der Waals surface area contributed by atoms with E-state index in [0.717, 1.165) is 5.66 Å². The number of rotatable bonds is 1. The van der Waals surface area contributed by atoms with Crippen LogP contribution in [-0.4, -0.2) is 17.2 Å². The summed E-state index contributed by atoms with van der Waals surface area (Å²) in [6.45, 7) is 0. The van der Waals surface area contributed by atoms with Gasteiger partial charge in [-0.25, -0.2) is 0 Å². The van der Waals surface area contributed by atoms with Gasteiger partial charge in [-0.15, -0.1) is 22.8 Å². The van der Waals surface area contributed by atoms with Gasteiger partial charge in [-0.3, -0.25) is 0 Å². The summed E-state index contributed by atoms with van der Waals surface area (Å²) in [6, 6.07) is 0. The molecule has 0 N–H and O–H groups in total. The van der Waals surface area contributed by atoms with Crippen LogP contribution in [0.15, 0.2) is 0 Å². The Hall–Kier alpha value is 1.35. The third-order valence-corrected chi connectivity index (χ3v) is 15.3. The summed E-state index contributed by atoms with van der Waals surface area (Å²) in [5.74, 6) is 2.66. The van der Waals surface area contributed by atoms with Gasteiger partial charge in [0.15, 0.2) is 0 Å². The lowest BCUT2D eigenvalue weighted by atomic mass is 10.4. The highest BCUT2D eigenvalue weighted by Crippen LogP contribution is 2.78. The molecule has 1 aliphatic heterocycles. The Bertz CT molecular complexity index is 176. The molecule has 1 aliphatic carbocycles. The lowest BCUT2D eigenvalue weighted by Crippen LogP contribution is -1.94. The van der Waals surface area contributed by atoms with Crippen LogP contribution in [0.2, 0.25) is 0 Å². The van der Waals surface area contributed by atoms with Gasteiger partial charge in [-0.1, -0.05) is 24.6 Å². The molecule has 1 saturated heterocycles. The van der Waals surface area contributed by atoms with Crippen molar-refractivity contribution in [1.29, 1.82) is 0 Å². The van der Waals surface area contributed by atoms with E-state index in [1.54, 1.807) is 0 Å². The lowest BCUT2D eigenvalue weighted by molar-refractivity contribution is 0.886. The second-order valence-corrected chi connectivity index (χ2v) is 15.1. The van der Waals surface area contributed by atoms with Crippen LogP contribution >= 0.6 is 27.2 Å². The lowest BCUT2D eigenvalue weighted by Gasteiger charge is -2.20. The van der Waals surface area contributed by atoms with Crippen LogP contribution in [0.3, 0.4) is 0 Å². The molecule has 2 fully saturated rings. The van der Waals surface area contributed by atoms with Crippen LogP contribution in [0.25, 0.3) is 0 Å². The van der Waals surface area contributed by atoms with Crippen molar-refractivity contribution in [3.8, 4) is 0 Å². The molecule has 0 aromatic rings. The van der Waals surface area contributed by atoms with Gasteiger partial charge in [0.25, 0.3) is 0 Å². The van der Waals surface area contributed by atoms with Crippen molar-refractivity contribution in [3.63, 3.8) is 0 Å². The molecule has 0 nitrogen and oxygen atoms in total. The molecular formula is C7H13PS3. The molecule has 1 saturated carbocycles. The zero-order valence-electron chi connectivity index (χ0n) is 6.49. The van der Waals surface area contributed by atoms with Gasteiger partial charge in [-0.2, -0.15) is 0 Å². The van der Waals surface area contributed by atoms with Crippen molar-refractivity contribution in [2.24, 2.45) is 0 Å². The zero-order chi connectivity index (χ0) is 7.73. The minimum Gasteiger partial charge on any atom is -0.113 e. The first-order valence-electron chi connectivity index (χ1n) is 4.20. The number of hydrogen-bond acceptors (Lipinski definition) is 3. The second kappa shape index (κ2) is 3.61. The summed E-state index contributed by atoms with van der Waals surface area (Å²) < 4.78 is -0.951. The van der Waals surface area contributed by atoms with Gasteiger partial charge >= 0.3 is 0 Å². The average molecular weight is 224 g/mol. The maximum absolute atomic E-state index is 5.76. The predicted octanol–water partition coefficient (Wildman–Crippen LogP) is 3.72. The molecule has 0 amide bonds. The van der Waals surface area contributed by atoms with Gasteiger partial charge < -0.3 is 0 Å². The van der Waals surface area contributed by atoms with Gasteiger partial charge in [0.1, 0.15) is 0 Å². The third kappa shape index (κ3) is 1.82. The molecular weight excluding hydrogens is 211 g/mol. The maximum Gasteiger partial charge on any atom is 0.0602 e. The van der Waals surface area contributed by atoms with E-state index in [0.29, 0.717) is 0 Å². The standard InChI is InChI=1S/C7H13PS3/c9-8(10-5-6-11-8)7-3-1-2-4-7/h7H,1-6H2. The Morgan fingerprint density at radius 3 is 2.18 bits per heavy atom. The molecule has 0 atom stereocenters. The van der Waals surface area contributed by atoms with E-state index in [1.165, 1.54) is 37.2 Å². The summed E-state index contributed by atoms with van der Waals surface area (Å²) in [7, 11) is 0. The highest BCUT2D eigenvalue weighted by atomic mass is 33.2. The van der Waals surface area contributed by atoms with E-state index in [2.05, 4.69) is 22.8 Å². The van der Waals surface area contributed by atoms with Gasteiger partial charge in [0.2, 0.25) is 0 Å². The summed E-state index contributed by atoms with van der Waals surface area (Å²) in [6.07, 6.45) is 5.78. The van der Waals surface area contributed by atoms with Crippen molar-refractivity contribution < 1.29 is 0 Å². The van der Waals surface area contributed by atoms with Crippen LogP contribution in [0.5, 0.6) is 0 Å². The van der Waals surface area contributed by atoms with Crippen molar-refractivity contribution in [1.82, 2.24) is 0 Å². The van der Waals surface area contributed by atoms with E-state index in [-0.39, 0.29) is 0 Å². The minimum atomic E-state index is -0.951. The normalized spacial score (nSPS) is 31.3. The van der Waals surface area contributed by atoms with E-state index in [9.17, 15) is 0 Å². The summed E-state index contributed by atoms with van der Waals surface area (Å²) in [5.41, 5.74) is 0.954. The Balaban J connectivity index is 2.06. The van der Waals surface area contributed by atoms with E-state index < -0.39 is 4.44 Å². The zero-order valence-corrected chi connectivity index (χ0v) is 9.84. The second-order valence-electron chi connectivity index (χ2n) is 3.14. The Labute approximate surface area is 81.8 Å². The molecule has 0 aromatic heterocycles. The Morgan fingerprint density at radius 2 is 1.64 bits per heavy atom. The molecule has 11 heavy (non-hydrogen) atoms.